The summed E-state index contributed by atoms with van der Waals surface area (Å²) in [5.41, 5.74) is 2.25. The summed E-state index contributed by atoms with van der Waals surface area (Å²) in [4.78, 5) is 21.6. The quantitative estimate of drug-likeness (QED) is 0.707. The van der Waals surface area contributed by atoms with Crippen LogP contribution in [0.4, 0.5) is 5.69 Å². The molecule has 0 saturated heterocycles. The highest BCUT2D eigenvalue weighted by Gasteiger charge is 2.16. The van der Waals surface area contributed by atoms with Crippen molar-refractivity contribution in [1.82, 2.24) is 9.97 Å². The average Bonchev–Trinajstić information content (AvgIpc) is 2.95. The normalized spacial score (nSPS) is 10.5. The molecule has 2 heterocycles. The lowest BCUT2D eigenvalue weighted by atomic mass is 10.3. The number of benzene rings is 1. The van der Waals surface area contributed by atoms with Gasteiger partial charge >= 0.3 is 0 Å². The molecule has 7 heteroatoms. The van der Waals surface area contributed by atoms with E-state index < -0.39 is 0 Å². The van der Waals surface area contributed by atoms with Crippen LogP contribution in [-0.4, -0.2) is 15.9 Å². The van der Waals surface area contributed by atoms with Crippen molar-refractivity contribution in [3.8, 4) is 5.75 Å². The Morgan fingerprint density at radius 2 is 2.12 bits per heavy atom. The number of carbonyl (C=O) groups is 1. The molecular formula is C18H16ClN3O2S. The molecule has 5 nitrogen and oxygen atoms in total. The van der Waals surface area contributed by atoms with Crippen molar-refractivity contribution >= 4 is 34.5 Å². The largest absolute Gasteiger partial charge is 0.485 e. The number of hydrogen-bond acceptors (Lipinski definition) is 5. The van der Waals surface area contributed by atoms with Crippen molar-refractivity contribution in [2.24, 2.45) is 0 Å². The molecule has 0 aliphatic heterocycles. The van der Waals surface area contributed by atoms with E-state index in [9.17, 15) is 4.79 Å². The highest BCUT2D eigenvalue weighted by molar-refractivity contribution is 7.13. The Balaban J connectivity index is 1.67. The molecule has 0 radical (unpaired) electrons. The molecule has 0 bridgehead atoms. The maximum Gasteiger partial charge on any atom is 0.267 e. The minimum absolute atomic E-state index is 0.208. The van der Waals surface area contributed by atoms with E-state index in [1.165, 1.54) is 11.3 Å². The van der Waals surface area contributed by atoms with Crippen molar-refractivity contribution in [3.05, 3.63) is 68.9 Å². The molecule has 0 saturated carbocycles. The fourth-order valence-electron chi connectivity index (χ4n) is 2.16. The van der Waals surface area contributed by atoms with Crippen LogP contribution in [0.5, 0.6) is 5.75 Å². The minimum atomic E-state index is -0.208. The van der Waals surface area contributed by atoms with Gasteiger partial charge in [0.05, 0.1) is 11.9 Å². The Labute approximate surface area is 154 Å². The fraction of sp³-hybridized carbons (Fsp3) is 0.167. The number of pyridine rings is 1. The third-order valence-electron chi connectivity index (χ3n) is 3.38. The number of nitrogens with one attached hydrogen (secondary N) is 1. The Kier molecular flexibility index (Phi) is 5.31. The van der Waals surface area contributed by atoms with Crippen LogP contribution in [0.25, 0.3) is 0 Å². The van der Waals surface area contributed by atoms with Gasteiger partial charge in [-0.3, -0.25) is 9.78 Å². The highest BCUT2D eigenvalue weighted by Crippen LogP contribution is 2.22. The number of amides is 1. The summed E-state index contributed by atoms with van der Waals surface area (Å²) in [6, 6.07) is 10.8. The van der Waals surface area contributed by atoms with Crippen molar-refractivity contribution in [2.45, 2.75) is 20.5 Å². The third kappa shape index (κ3) is 4.55. The number of thiazole rings is 1. The lowest BCUT2D eigenvalue weighted by Crippen LogP contribution is -2.11. The average molecular weight is 374 g/mol. The topological polar surface area (TPSA) is 64.1 Å². The zero-order chi connectivity index (χ0) is 17.8. The molecule has 25 heavy (non-hydrogen) atoms. The summed E-state index contributed by atoms with van der Waals surface area (Å²) in [7, 11) is 0. The Bertz CT molecular complexity index is 894. The molecule has 0 atom stereocenters. The van der Waals surface area contributed by atoms with E-state index in [0.717, 1.165) is 10.7 Å². The van der Waals surface area contributed by atoms with Crippen LogP contribution in [0.15, 0.2) is 42.6 Å². The van der Waals surface area contributed by atoms with Gasteiger partial charge in [-0.05, 0) is 44.2 Å². The number of aromatic nitrogens is 2. The zero-order valence-electron chi connectivity index (χ0n) is 13.7. The lowest BCUT2D eigenvalue weighted by Gasteiger charge is -2.04. The summed E-state index contributed by atoms with van der Waals surface area (Å²) in [5, 5.41) is 4.13. The molecule has 1 N–H and O–H groups in total. The predicted octanol–water partition coefficient (Wildman–Crippen LogP) is 4.64. The number of halogens is 1. The van der Waals surface area contributed by atoms with E-state index in [4.69, 9.17) is 16.3 Å². The van der Waals surface area contributed by atoms with E-state index >= 15 is 0 Å². The van der Waals surface area contributed by atoms with Gasteiger partial charge in [0.2, 0.25) is 0 Å². The van der Waals surface area contributed by atoms with Crippen LogP contribution in [0, 0.1) is 13.8 Å². The first-order valence-electron chi connectivity index (χ1n) is 7.60. The fourth-order valence-corrected chi connectivity index (χ4v) is 3.23. The van der Waals surface area contributed by atoms with Crippen molar-refractivity contribution in [3.63, 3.8) is 0 Å². The second-order valence-corrected chi connectivity index (χ2v) is 6.93. The lowest BCUT2D eigenvalue weighted by molar-refractivity contribution is 0.103. The molecule has 1 aromatic carbocycles. The van der Waals surface area contributed by atoms with Crippen molar-refractivity contribution < 1.29 is 9.53 Å². The van der Waals surface area contributed by atoms with Gasteiger partial charge in [0.25, 0.3) is 5.91 Å². The van der Waals surface area contributed by atoms with Gasteiger partial charge in [0.1, 0.15) is 22.2 Å². The van der Waals surface area contributed by atoms with Crippen molar-refractivity contribution in [2.75, 3.05) is 5.32 Å². The summed E-state index contributed by atoms with van der Waals surface area (Å²) >= 11 is 7.25. The second kappa shape index (κ2) is 7.63. The van der Waals surface area contributed by atoms with Gasteiger partial charge in [-0.15, -0.1) is 11.3 Å². The van der Waals surface area contributed by atoms with Gasteiger partial charge in [0.15, 0.2) is 0 Å². The first-order chi connectivity index (χ1) is 12.0. The van der Waals surface area contributed by atoms with Crippen LogP contribution in [0.2, 0.25) is 5.02 Å². The Morgan fingerprint density at radius 1 is 1.28 bits per heavy atom. The van der Waals surface area contributed by atoms with Gasteiger partial charge < -0.3 is 10.1 Å². The molecule has 128 valence electrons. The van der Waals surface area contributed by atoms with Gasteiger partial charge in [0, 0.05) is 16.4 Å². The zero-order valence-corrected chi connectivity index (χ0v) is 15.3. The number of rotatable bonds is 5. The first-order valence-corrected chi connectivity index (χ1v) is 8.79. The maximum atomic E-state index is 12.4. The minimum Gasteiger partial charge on any atom is -0.485 e. The van der Waals surface area contributed by atoms with Crippen LogP contribution >= 0.6 is 22.9 Å². The number of hydrogen-bond donors (Lipinski definition) is 1. The van der Waals surface area contributed by atoms with Gasteiger partial charge in [-0.2, -0.15) is 0 Å². The molecule has 0 spiro atoms. The summed E-state index contributed by atoms with van der Waals surface area (Å²) in [5.74, 6) is 0.462. The summed E-state index contributed by atoms with van der Waals surface area (Å²) < 4.78 is 5.67. The molecule has 0 aliphatic carbocycles. The van der Waals surface area contributed by atoms with Crippen LogP contribution in [-0.2, 0) is 6.61 Å². The molecule has 0 fully saturated rings. The first kappa shape index (κ1) is 17.4. The predicted molar refractivity (Wildman–Crippen MR) is 99.6 cm³/mol. The van der Waals surface area contributed by atoms with Crippen LogP contribution in [0.1, 0.15) is 26.1 Å². The standard InChI is InChI=1S/C18H16ClN3O2S/c1-11-6-7-15(9-20-11)24-10-16-21-12(2)17(25-16)18(23)22-14-5-3-4-13(19)8-14/h3-9H,10H2,1-2H3,(H,22,23). The number of aryl methyl sites for hydroxylation is 2. The van der Waals surface area contributed by atoms with Crippen molar-refractivity contribution in [1.29, 1.82) is 0 Å². The number of carbonyl (C=O) groups excluding carboxylic acids is 1. The van der Waals surface area contributed by atoms with Gasteiger partial charge in [-0.1, -0.05) is 17.7 Å². The smallest absolute Gasteiger partial charge is 0.267 e. The molecule has 1 amide bonds. The second-order valence-electron chi connectivity index (χ2n) is 5.41. The molecule has 3 rings (SSSR count). The van der Waals surface area contributed by atoms with E-state index in [0.29, 0.717) is 33.6 Å². The maximum absolute atomic E-state index is 12.4. The third-order valence-corrected chi connectivity index (χ3v) is 4.74. The van der Waals surface area contributed by atoms with E-state index in [1.54, 1.807) is 37.4 Å². The molecule has 0 unspecified atom stereocenters. The highest BCUT2D eigenvalue weighted by atomic mass is 35.5. The number of nitrogens with zero attached hydrogens (tertiary/aromatic N) is 2. The number of anilines is 1. The summed E-state index contributed by atoms with van der Waals surface area (Å²) in [6.07, 6.45) is 1.67. The van der Waals surface area contributed by atoms with E-state index in [-0.39, 0.29) is 5.91 Å². The molecule has 2 aromatic heterocycles. The number of ether oxygens (including phenoxy) is 1. The summed E-state index contributed by atoms with van der Waals surface area (Å²) in [6.45, 7) is 4.01. The monoisotopic (exact) mass is 373 g/mol. The Hall–Kier alpha value is -2.44. The van der Waals surface area contributed by atoms with Gasteiger partial charge in [-0.25, -0.2) is 4.98 Å². The SMILES string of the molecule is Cc1ccc(OCc2nc(C)c(C(=O)Nc3cccc(Cl)c3)s2)cn1. The van der Waals surface area contributed by atoms with E-state index in [1.807, 2.05) is 19.1 Å². The molecule has 3 aromatic rings. The van der Waals surface area contributed by atoms with Crippen LogP contribution < -0.4 is 10.1 Å². The van der Waals surface area contributed by atoms with Crippen LogP contribution in [0.3, 0.4) is 0 Å². The molecular weight excluding hydrogens is 358 g/mol. The van der Waals surface area contributed by atoms with E-state index in [2.05, 4.69) is 15.3 Å². The molecule has 0 aliphatic rings. The Morgan fingerprint density at radius 3 is 2.84 bits per heavy atom.